The number of hydrogen-bond donors (Lipinski definition) is 2. The first-order valence-corrected chi connectivity index (χ1v) is 17.5. The lowest BCUT2D eigenvalue weighted by molar-refractivity contribution is -0.164. The summed E-state index contributed by atoms with van der Waals surface area (Å²) < 4.78 is 76.4. The lowest BCUT2D eigenvalue weighted by atomic mass is 9.75. The highest BCUT2D eigenvalue weighted by Crippen LogP contribution is 2.49. The number of alkyl halides is 5. The largest absolute Gasteiger partial charge is 0.447 e. The summed E-state index contributed by atoms with van der Waals surface area (Å²) in [6.45, 7) is 1.99. The van der Waals surface area contributed by atoms with E-state index < -0.39 is 53.9 Å². The number of guanidine groups is 1. The van der Waals surface area contributed by atoms with E-state index in [1.54, 1.807) is 18.3 Å². The number of carbonyl (C=O) groups is 2. The van der Waals surface area contributed by atoms with Crippen LogP contribution in [-0.2, 0) is 15.1 Å². The molecule has 12 nitrogen and oxygen atoms in total. The number of hydrogen-bond acceptors (Lipinski definition) is 8. The number of aliphatic imine (C=N–C) groups is 1. The highest BCUT2D eigenvalue weighted by atomic mass is 35.5. The van der Waals surface area contributed by atoms with Gasteiger partial charge in [0, 0.05) is 17.3 Å². The van der Waals surface area contributed by atoms with Crippen molar-refractivity contribution in [1.82, 2.24) is 34.4 Å². The van der Waals surface area contributed by atoms with Crippen LogP contribution in [-0.4, -0.2) is 65.3 Å². The number of carbonyl (C=O) groups excluding carboxylic acids is 2. The quantitative estimate of drug-likeness (QED) is 0.138. The maximum Gasteiger partial charge on any atom is 0.411 e. The monoisotopic (exact) mass is 783 g/mol. The maximum atomic E-state index is 15.0. The Morgan fingerprint density at radius 3 is 2.44 bits per heavy atom. The molecule has 2 aromatic carbocycles. The van der Waals surface area contributed by atoms with Gasteiger partial charge in [-0.15, -0.1) is 0 Å². The zero-order valence-electron chi connectivity index (χ0n) is 29.7. The predicted molar refractivity (Wildman–Crippen MR) is 192 cm³/mol. The molecule has 3 N–H and O–H groups in total. The average molecular weight is 784 g/mol. The first kappa shape index (κ1) is 37.7. The normalized spacial score (nSPS) is 18.8. The molecule has 0 unspecified atom stereocenters. The van der Waals surface area contributed by atoms with Crippen LogP contribution in [0.5, 0.6) is 0 Å². The summed E-state index contributed by atoms with van der Waals surface area (Å²) in [5.41, 5.74) is 5.10. The Bertz CT molecular complexity index is 2300. The second-order valence-electron chi connectivity index (χ2n) is 14.8. The van der Waals surface area contributed by atoms with E-state index in [-0.39, 0.29) is 47.2 Å². The number of halogens is 6. The number of fused-ring (bicyclic) bond motifs is 1. The van der Waals surface area contributed by atoms with Gasteiger partial charge in [0.1, 0.15) is 24.1 Å². The third-order valence-corrected chi connectivity index (χ3v) is 10.0. The van der Waals surface area contributed by atoms with Gasteiger partial charge in [-0.25, -0.2) is 19.8 Å². The molecule has 2 aliphatic rings. The Labute approximate surface area is 316 Å². The SMILES string of the molecule is CC(C)(C)C[C@]1(c2ccc(-c3cnc4ccccn34)cc2)N=C(N)N([C@H](COC(=O)NC2(C(F)(F)F)CC2)c2ccc(Cl)c(-c3ncnn3C(F)F)c2)C1=O. The van der Waals surface area contributed by atoms with Gasteiger partial charge < -0.3 is 15.8 Å². The van der Waals surface area contributed by atoms with Crippen LogP contribution < -0.4 is 11.1 Å². The molecule has 2 amide bonds. The van der Waals surface area contributed by atoms with Gasteiger partial charge in [0.15, 0.2) is 17.3 Å². The van der Waals surface area contributed by atoms with E-state index in [2.05, 4.69) is 15.1 Å². The number of alkyl carbamates (subject to hydrolysis) is 1. The van der Waals surface area contributed by atoms with Gasteiger partial charge in [-0.05, 0) is 60.1 Å². The number of nitrogens with two attached hydrogens (primary N) is 1. The van der Waals surface area contributed by atoms with Crippen molar-refractivity contribution < 1.29 is 36.3 Å². The number of ether oxygens (including phenoxy) is 1. The molecule has 1 fully saturated rings. The minimum Gasteiger partial charge on any atom is -0.447 e. The van der Waals surface area contributed by atoms with E-state index in [4.69, 9.17) is 27.1 Å². The molecule has 0 bridgehead atoms. The summed E-state index contributed by atoms with van der Waals surface area (Å²) in [6, 6.07) is 15.7. The summed E-state index contributed by atoms with van der Waals surface area (Å²) in [7, 11) is 0. The van der Waals surface area contributed by atoms with Gasteiger partial charge in [-0.1, -0.05) is 68.8 Å². The molecule has 1 aliphatic heterocycles. The molecule has 1 saturated carbocycles. The van der Waals surface area contributed by atoms with Crippen molar-refractivity contribution >= 4 is 35.2 Å². The first-order chi connectivity index (χ1) is 25.9. The van der Waals surface area contributed by atoms with Gasteiger partial charge in [-0.2, -0.15) is 31.7 Å². The number of imidazole rings is 1. The summed E-state index contributed by atoms with van der Waals surface area (Å²) in [5, 5.41) is 5.48. The Balaban J connectivity index is 1.28. The number of nitrogens with one attached hydrogen (secondary N) is 1. The summed E-state index contributed by atoms with van der Waals surface area (Å²) in [5.74, 6) is -1.18. The number of amides is 2. The molecular formula is C37H35ClF5N9O3. The van der Waals surface area contributed by atoms with Crippen molar-refractivity contribution in [3.05, 3.63) is 95.5 Å². The lowest BCUT2D eigenvalue weighted by Crippen LogP contribution is -2.50. The molecule has 288 valence electrons. The molecule has 0 saturated heterocycles. The lowest BCUT2D eigenvalue weighted by Gasteiger charge is -2.35. The molecule has 0 spiro atoms. The molecule has 0 radical (unpaired) electrons. The van der Waals surface area contributed by atoms with Crippen LogP contribution in [0.4, 0.5) is 26.7 Å². The van der Waals surface area contributed by atoms with Crippen LogP contribution in [0.25, 0.3) is 28.3 Å². The van der Waals surface area contributed by atoms with E-state index in [1.807, 2.05) is 67.0 Å². The minimum atomic E-state index is -4.72. The fraction of sp³-hybridized carbons (Fsp3) is 0.351. The van der Waals surface area contributed by atoms with Gasteiger partial charge in [-0.3, -0.25) is 14.1 Å². The van der Waals surface area contributed by atoms with Crippen LogP contribution in [0.15, 0.2) is 84.4 Å². The molecule has 7 rings (SSSR count). The summed E-state index contributed by atoms with van der Waals surface area (Å²) >= 11 is 6.45. The molecule has 2 atom stereocenters. The highest BCUT2D eigenvalue weighted by molar-refractivity contribution is 6.33. The Morgan fingerprint density at radius 2 is 1.78 bits per heavy atom. The zero-order valence-corrected chi connectivity index (χ0v) is 30.4. The highest BCUT2D eigenvalue weighted by Gasteiger charge is 2.64. The molecule has 1 aliphatic carbocycles. The molecular weight excluding hydrogens is 749 g/mol. The number of benzene rings is 2. The summed E-state index contributed by atoms with van der Waals surface area (Å²) in [6.07, 6.45) is -2.04. The molecule has 55 heavy (non-hydrogen) atoms. The Kier molecular flexibility index (Phi) is 9.34. The van der Waals surface area contributed by atoms with E-state index in [9.17, 15) is 26.7 Å². The van der Waals surface area contributed by atoms with Gasteiger partial charge in [0.25, 0.3) is 5.91 Å². The predicted octanol–water partition coefficient (Wildman–Crippen LogP) is 7.66. The van der Waals surface area contributed by atoms with Crippen molar-refractivity contribution in [2.24, 2.45) is 16.1 Å². The van der Waals surface area contributed by atoms with E-state index in [0.29, 0.717) is 10.2 Å². The molecule has 5 aromatic rings. The number of pyridine rings is 1. The Morgan fingerprint density at radius 1 is 1.05 bits per heavy atom. The summed E-state index contributed by atoms with van der Waals surface area (Å²) in [4.78, 5) is 42.2. The van der Waals surface area contributed by atoms with Crippen LogP contribution in [0.1, 0.15) is 63.8 Å². The average Bonchev–Trinajstić information content (AvgIpc) is 3.44. The number of nitrogens with zero attached hydrogens (tertiary/aromatic N) is 7. The Hall–Kier alpha value is -5.58. The fourth-order valence-corrected chi connectivity index (χ4v) is 7.16. The molecule has 18 heteroatoms. The van der Waals surface area contributed by atoms with Gasteiger partial charge in [0.05, 0.1) is 23.0 Å². The fourth-order valence-electron chi connectivity index (χ4n) is 6.95. The zero-order chi connectivity index (χ0) is 39.5. The second kappa shape index (κ2) is 13.6. The van der Waals surface area contributed by atoms with Crippen LogP contribution in [0.2, 0.25) is 5.02 Å². The smallest absolute Gasteiger partial charge is 0.411 e. The minimum absolute atomic E-state index is 0.000523. The van der Waals surface area contributed by atoms with Gasteiger partial charge >= 0.3 is 18.8 Å². The van der Waals surface area contributed by atoms with E-state index >= 15 is 4.79 Å². The van der Waals surface area contributed by atoms with Crippen molar-refractivity contribution in [2.45, 2.75) is 69.9 Å². The number of rotatable bonds is 10. The van der Waals surface area contributed by atoms with E-state index in [0.717, 1.165) is 28.1 Å². The van der Waals surface area contributed by atoms with Gasteiger partial charge in [0.2, 0.25) is 0 Å². The standard InChI is InChI=1S/C37H35ClF5N9O3/c1-34(2,3)19-36(23-10-7-21(8-11-23)26-17-45-28-6-4-5-15-50(26)28)30(53)51(32(44)48-36)27(18-55-33(54)49-35(13-14-35)37(41,42)43)22-9-12-25(38)24(16-22)29-46-20-47-52(29)31(39)40/h4-12,15-17,20,27,31H,13-14,18-19H2,1-3H3,(H2,44,48)(H,49,54)/t27-,36-/m1/s1. The van der Waals surface area contributed by atoms with Crippen molar-refractivity contribution in [2.75, 3.05) is 6.61 Å². The number of aromatic nitrogens is 5. The maximum absolute atomic E-state index is 15.0. The topological polar surface area (TPSA) is 145 Å². The third-order valence-electron chi connectivity index (χ3n) is 9.68. The second-order valence-corrected chi connectivity index (χ2v) is 15.2. The van der Waals surface area contributed by atoms with Crippen LogP contribution >= 0.6 is 11.6 Å². The van der Waals surface area contributed by atoms with Crippen LogP contribution in [0.3, 0.4) is 0 Å². The third kappa shape index (κ3) is 6.96. The van der Waals surface area contributed by atoms with Crippen molar-refractivity contribution in [3.63, 3.8) is 0 Å². The van der Waals surface area contributed by atoms with Crippen molar-refractivity contribution in [1.29, 1.82) is 0 Å². The van der Waals surface area contributed by atoms with Crippen LogP contribution in [0, 0.1) is 5.41 Å². The first-order valence-electron chi connectivity index (χ1n) is 17.1. The molecule has 3 aromatic heterocycles. The van der Waals surface area contributed by atoms with Crippen molar-refractivity contribution in [3.8, 4) is 22.6 Å². The molecule has 4 heterocycles. The van der Waals surface area contributed by atoms with E-state index in [1.165, 1.54) is 18.2 Å².